The summed E-state index contributed by atoms with van der Waals surface area (Å²) in [5, 5.41) is 1.74. The normalized spacial score (nSPS) is 16.2. The van der Waals surface area contributed by atoms with Crippen molar-refractivity contribution >= 4 is 5.70 Å². The van der Waals surface area contributed by atoms with Crippen molar-refractivity contribution in [3.8, 4) is 11.5 Å². The molecule has 1 saturated heterocycles. The van der Waals surface area contributed by atoms with Gasteiger partial charge in [0.1, 0.15) is 37.1 Å². The van der Waals surface area contributed by atoms with Gasteiger partial charge in [-0.15, -0.1) is 0 Å². The summed E-state index contributed by atoms with van der Waals surface area (Å²) in [7, 11) is 0. The summed E-state index contributed by atoms with van der Waals surface area (Å²) < 4.78 is 19.7. The number of aromatic nitrogens is 2. The largest absolute Gasteiger partial charge is 0.493 e. The average molecular weight is 392 g/mol. The quantitative estimate of drug-likeness (QED) is 0.492. The van der Waals surface area contributed by atoms with E-state index in [2.05, 4.69) is 4.98 Å². The third kappa shape index (κ3) is 4.77. The molecule has 2 N–H and O–H groups in total. The van der Waals surface area contributed by atoms with Gasteiger partial charge in [-0.3, -0.25) is 5.84 Å². The van der Waals surface area contributed by atoms with E-state index >= 15 is 0 Å². The highest BCUT2D eigenvalue weighted by atomic mass is 16.5. The summed E-state index contributed by atoms with van der Waals surface area (Å²) in [5.41, 5.74) is 1.78. The maximum atomic E-state index is 6.06. The Kier molecular flexibility index (Phi) is 6.09. The number of hydrogen-bond donors (Lipinski definition) is 1. The first-order chi connectivity index (χ1) is 14.3. The molecule has 0 saturated carbocycles. The van der Waals surface area contributed by atoms with E-state index in [1.807, 2.05) is 65.4 Å². The van der Waals surface area contributed by atoms with Crippen molar-refractivity contribution in [3.63, 3.8) is 0 Å². The van der Waals surface area contributed by atoms with Crippen LogP contribution in [0, 0.1) is 0 Å². The molecule has 0 atom stereocenters. The topological polar surface area (TPSA) is 74.8 Å². The number of morpholine rings is 1. The zero-order chi connectivity index (χ0) is 19.9. The first-order valence-corrected chi connectivity index (χ1v) is 9.55. The number of imidazole rings is 1. The summed E-state index contributed by atoms with van der Waals surface area (Å²) in [6.07, 6.45) is 5.37. The number of ether oxygens (including phenoxy) is 3. The Balaban J connectivity index is 1.55. The number of nitrogens with two attached hydrogens (primary N) is 1. The Morgan fingerprint density at radius 2 is 1.83 bits per heavy atom. The number of rotatable bonds is 7. The van der Waals surface area contributed by atoms with Crippen LogP contribution in [-0.2, 0) is 4.74 Å². The molecule has 1 aromatic heterocycles. The fourth-order valence-electron chi connectivity index (χ4n) is 3.18. The molecule has 0 spiro atoms. The number of para-hydroxylation sites is 2. The third-order valence-electron chi connectivity index (χ3n) is 4.52. The van der Waals surface area contributed by atoms with E-state index < -0.39 is 0 Å². The highest BCUT2D eigenvalue weighted by Gasteiger charge is 2.21. The molecule has 4 rings (SSSR count). The van der Waals surface area contributed by atoms with Crippen molar-refractivity contribution in [2.45, 2.75) is 0 Å². The van der Waals surface area contributed by atoms with Gasteiger partial charge >= 0.3 is 0 Å². The third-order valence-corrected chi connectivity index (χ3v) is 4.52. The van der Waals surface area contributed by atoms with Gasteiger partial charge in [-0.1, -0.05) is 30.3 Å². The summed E-state index contributed by atoms with van der Waals surface area (Å²) in [5.74, 6) is 8.39. The second kappa shape index (κ2) is 9.27. The van der Waals surface area contributed by atoms with E-state index in [0.717, 1.165) is 28.5 Å². The molecule has 2 heterocycles. The molecular weight excluding hydrogens is 368 g/mol. The summed E-state index contributed by atoms with van der Waals surface area (Å²) in [6, 6.07) is 17.6. The minimum absolute atomic E-state index is 0.419. The van der Waals surface area contributed by atoms with E-state index in [4.69, 9.17) is 20.1 Å². The molecule has 7 nitrogen and oxygen atoms in total. The molecule has 0 bridgehead atoms. The van der Waals surface area contributed by atoms with E-state index in [1.165, 1.54) is 0 Å². The fraction of sp³-hybridized carbons (Fsp3) is 0.227. The Labute approximate surface area is 169 Å². The molecule has 2 aromatic carbocycles. The lowest BCUT2D eigenvalue weighted by molar-refractivity contribution is 0.0951. The molecule has 1 aliphatic rings. The van der Waals surface area contributed by atoms with Gasteiger partial charge < -0.3 is 18.8 Å². The summed E-state index contributed by atoms with van der Waals surface area (Å²) in [4.78, 5) is 4.19. The predicted octanol–water partition coefficient (Wildman–Crippen LogP) is 2.76. The van der Waals surface area contributed by atoms with Gasteiger partial charge in [0.05, 0.1) is 18.6 Å². The van der Waals surface area contributed by atoms with Gasteiger partial charge in [0.2, 0.25) is 0 Å². The van der Waals surface area contributed by atoms with Crippen LogP contribution in [0.3, 0.4) is 0 Å². The molecule has 0 unspecified atom stereocenters. The van der Waals surface area contributed by atoms with E-state index in [1.54, 1.807) is 17.5 Å². The molecule has 0 radical (unpaired) electrons. The zero-order valence-corrected chi connectivity index (χ0v) is 16.1. The molecule has 150 valence electrons. The Morgan fingerprint density at radius 1 is 1.03 bits per heavy atom. The van der Waals surface area contributed by atoms with E-state index in [9.17, 15) is 0 Å². The van der Waals surface area contributed by atoms with Crippen molar-refractivity contribution < 1.29 is 14.2 Å². The fourth-order valence-corrected chi connectivity index (χ4v) is 3.18. The van der Waals surface area contributed by atoms with Crippen LogP contribution in [0.2, 0.25) is 0 Å². The second-order valence-corrected chi connectivity index (χ2v) is 6.57. The first kappa shape index (κ1) is 19.0. The minimum atomic E-state index is 0.419. The highest BCUT2D eigenvalue weighted by Crippen LogP contribution is 2.31. The standard InChI is InChI=1S/C22H24N4O3/c23-26-12-13-28-21(16-26)22(25-11-10-24-17-25)19-8-4-5-9-20(19)29-15-14-27-18-6-2-1-3-7-18/h1-11,17H,12-16,23H2. The lowest BCUT2D eigenvalue weighted by Gasteiger charge is -2.28. The van der Waals surface area contributed by atoms with Gasteiger partial charge in [0.15, 0.2) is 0 Å². The zero-order valence-electron chi connectivity index (χ0n) is 16.1. The van der Waals surface area contributed by atoms with Crippen LogP contribution < -0.4 is 15.3 Å². The molecule has 0 aliphatic carbocycles. The van der Waals surface area contributed by atoms with Crippen LogP contribution in [0.15, 0.2) is 79.1 Å². The number of benzene rings is 2. The second-order valence-electron chi connectivity index (χ2n) is 6.57. The Bertz CT molecular complexity index is 942. The number of hydrazine groups is 1. The van der Waals surface area contributed by atoms with Crippen LogP contribution in [0.1, 0.15) is 5.56 Å². The lowest BCUT2D eigenvalue weighted by Crippen LogP contribution is -2.40. The van der Waals surface area contributed by atoms with Crippen LogP contribution in [0.5, 0.6) is 11.5 Å². The van der Waals surface area contributed by atoms with Crippen LogP contribution in [0.4, 0.5) is 0 Å². The highest BCUT2D eigenvalue weighted by molar-refractivity contribution is 5.72. The average Bonchev–Trinajstić information content (AvgIpc) is 3.28. The van der Waals surface area contributed by atoms with Gasteiger partial charge in [0.25, 0.3) is 0 Å². The molecule has 1 fully saturated rings. The monoisotopic (exact) mass is 392 g/mol. The van der Waals surface area contributed by atoms with E-state index in [0.29, 0.717) is 32.9 Å². The van der Waals surface area contributed by atoms with Crippen molar-refractivity contribution in [1.82, 2.24) is 14.6 Å². The van der Waals surface area contributed by atoms with Gasteiger partial charge in [-0.05, 0) is 24.3 Å². The smallest absolute Gasteiger partial charge is 0.136 e. The van der Waals surface area contributed by atoms with Crippen molar-refractivity contribution in [2.75, 3.05) is 32.9 Å². The van der Waals surface area contributed by atoms with Crippen molar-refractivity contribution in [3.05, 3.63) is 84.6 Å². The first-order valence-electron chi connectivity index (χ1n) is 9.55. The summed E-state index contributed by atoms with van der Waals surface area (Å²) in [6.45, 7) is 2.61. The van der Waals surface area contributed by atoms with Crippen molar-refractivity contribution in [2.24, 2.45) is 5.84 Å². The van der Waals surface area contributed by atoms with Gasteiger partial charge in [-0.25, -0.2) is 9.99 Å². The maximum Gasteiger partial charge on any atom is 0.136 e. The van der Waals surface area contributed by atoms with Crippen LogP contribution in [0.25, 0.3) is 5.70 Å². The number of nitrogens with zero attached hydrogens (tertiary/aromatic N) is 3. The molecular formula is C22H24N4O3. The SMILES string of the molecule is NN1CCOC(=C(c2ccccc2OCCOc2ccccc2)n2ccnc2)C1. The Hall–Kier alpha value is -3.29. The molecule has 29 heavy (non-hydrogen) atoms. The van der Waals surface area contributed by atoms with Crippen molar-refractivity contribution in [1.29, 1.82) is 0 Å². The molecule has 3 aromatic rings. The van der Waals surface area contributed by atoms with Gasteiger partial charge in [0, 0.05) is 24.5 Å². The van der Waals surface area contributed by atoms with Crippen LogP contribution >= 0.6 is 0 Å². The maximum absolute atomic E-state index is 6.06. The summed E-state index contributed by atoms with van der Waals surface area (Å²) >= 11 is 0. The predicted molar refractivity (Wildman–Crippen MR) is 110 cm³/mol. The molecule has 1 aliphatic heterocycles. The van der Waals surface area contributed by atoms with Crippen LogP contribution in [-0.4, -0.2) is 47.5 Å². The lowest BCUT2D eigenvalue weighted by atomic mass is 10.1. The van der Waals surface area contributed by atoms with Gasteiger partial charge in [-0.2, -0.15) is 0 Å². The molecule has 0 amide bonds. The Morgan fingerprint density at radius 3 is 2.62 bits per heavy atom. The van der Waals surface area contributed by atoms with E-state index in [-0.39, 0.29) is 0 Å². The molecule has 7 heteroatoms. The minimum Gasteiger partial charge on any atom is -0.493 e. The number of hydrogen-bond acceptors (Lipinski definition) is 6.